The summed E-state index contributed by atoms with van der Waals surface area (Å²) in [5.41, 5.74) is 3.59. The van der Waals surface area contributed by atoms with Crippen LogP contribution in [-0.2, 0) is 12.0 Å². The molecule has 24 heavy (non-hydrogen) atoms. The summed E-state index contributed by atoms with van der Waals surface area (Å²) in [5, 5.41) is 0. The second kappa shape index (κ2) is 7.24. The van der Waals surface area contributed by atoms with Gasteiger partial charge in [-0.05, 0) is 42.5 Å². The van der Waals surface area contributed by atoms with E-state index in [4.69, 9.17) is 0 Å². The Hall–Kier alpha value is -1.39. The highest BCUT2D eigenvalue weighted by atomic mass is 32.1. The Bertz CT molecular complexity index is 713. The Morgan fingerprint density at radius 2 is 1.67 bits per heavy atom. The van der Waals surface area contributed by atoms with Gasteiger partial charge in [0.15, 0.2) is 0 Å². The van der Waals surface area contributed by atoms with Crippen LogP contribution in [0.5, 0.6) is 0 Å². The number of nitrogens with zero attached hydrogens (tertiary/aromatic N) is 1. The maximum absolute atomic E-state index is 12.0. The molecule has 0 radical (unpaired) electrons. The van der Waals surface area contributed by atoms with Crippen molar-refractivity contribution in [2.75, 3.05) is 13.1 Å². The molecule has 1 aromatic carbocycles. The molecular weight excluding hydrogens is 316 g/mol. The van der Waals surface area contributed by atoms with Crippen LogP contribution in [0.2, 0.25) is 0 Å². The molecular formula is C20H28N2OS. The van der Waals surface area contributed by atoms with E-state index in [0.29, 0.717) is 0 Å². The third kappa shape index (κ3) is 4.17. The minimum atomic E-state index is 0.0507. The predicted octanol–water partition coefficient (Wildman–Crippen LogP) is 4.78. The van der Waals surface area contributed by atoms with E-state index in [0.717, 1.165) is 30.9 Å². The van der Waals surface area contributed by atoms with Crippen molar-refractivity contribution < 1.29 is 0 Å². The summed E-state index contributed by atoms with van der Waals surface area (Å²) >= 11 is 1.37. The van der Waals surface area contributed by atoms with Gasteiger partial charge in [0, 0.05) is 11.4 Å². The first-order chi connectivity index (χ1) is 11.4. The van der Waals surface area contributed by atoms with E-state index in [9.17, 15) is 4.79 Å². The highest BCUT2D eigenvalue weighted by Crippen LogP contribution is 2.28. The van der Waals surface area contributed by atoms with Gasteiger partial charge in [0.25, 0.3) is 0 Å². The van der Waals surface area contributed by atoms with E-state index >= 15 is 0 Å². The Balaban J connectivity index is 1.84. The Kier molecular flexibility index (Phi) is 5.26. The van der Waals surface area contributed by atoms with E-state index in [1.165, 1.54) is 47.5 Å². The molecule has 3 nitrogen and oxygen atoms in total. The molecule has 4 heteroatoms. The van der Waals surface area contributed by atoms with Gasteiger partial charge in [-0.2, -0.15) is 0 Å². The number of likely N-dealkylation sites (tertiary alicyclic amines) is 1. The molecule has 0 saturated carbocycles. The van der Waals surface area contributed by atoms with Gasteiger partial charge in [-0.3, -0.25) is 9.69 Å². The summed E-state index contributed by atoms with van der Waals surface area (Å²) < 4.78 is 0. The molecule has 1 saturated heterocycles. The SMILES string of the molecule is CC(C)(C)c1ccc(-c2[nH]c(=O)sc2CN2CCCCCC2)cc1. The van der Waals surface area contributed by atoms with E-state index in [1.807, 2.05) is 0 Å². The molecule has 0 unspecified atom stereocenters. The van der Waals surface area contributed by atoms with Crippen LogP contribution in [-0.4, -0.2) is 23.0 Å². The van der Waals surface area contributed by atoms with Crippen molar-refractivity contribution in [1.29, 1.82) is 0 Å². The van der Waals surface area contributed by atoms with Crippen molar-refractivity contribution in [3.8, 4) is 11.3 Å². The summed E-state index contributed by atoms with van der Waals surface area (Å²) in [6.45, 7) is 9.85. The number of hydrogen-bond acceptors (Lipinski definition) is 3. The summed E-state index contributed by atoms with van der Waals surface area (Å²) in [5.74, 6) is 0. The van der Waals surface area contributed by atoms with Gasteiger partial charge in [0.05, 0.1) is 5.69 Å². The highest BCUT2D eigenvalue weighted by molar-refractivity contribution is 7.09. The average molecular weight is 345 g/mol. The second-order valence-corrected chi connectivity index (χ2v) is 8.90. The van der Waals surface area contributed by atoms with Crippen molar-refractivity contribution >= 4 is 11.3 Å². The standard InChI is InChI=1S/C20H28N2OS/c1-20(2,3)16-10-8-15(9-11-16)18-17(24-19(23)21-18)14-22-12-6-4-5-7-13-22/h8-11H,4-7,12-14H2,1-3H3,(H,21,23). The van der Waals surface area contributed by atoms with Crippen LogP contribution in [0, 0.1) is 0 Å². The molecule has 0 aliphatic carbocycles. The third-order valence-corrected chi connectivity index (χ3v) is 5.69. The monoisotopic (exact) mass is 344 g/mol. The maximum Gasteiger partial charge on any atom is 0.305 e. The van der Waals surface area contributed by atoms with Gasteiger partial charge >= 0.3 is 4.87 Å². The minimum absolute atomic E-state index is 0.0507. The number of H-pyrrole nitrogens is 1. The molecule has 1 fully saturated rings. The van der Waals surface area contributed by atoms with Crippen molar-refractivity contribution in [2.24, 2.45) is 0 Å². The summed E-state index contributed by atoms with van der Waals surface area (Å²) in [4.78, 5) is 18.7. The van der Waals surface area contributed by atoms with E-state index < -0.39 is 0 Å². The van der Waals surface area contributed by atoms with Crippen LogP contribution in [0.4, 0.5) is 0 Å². The number of nitrogens with one attached hydrogen (secondary N) is 1. The number of aromatic nitrogens is 1. The Labute approximate surface area is 148 Å². The van der Waals surface area contributed by atoms with Gasteiger partial charge in [-0.15, -0.1) is 0 Å². The summed E-state index contributed by atoms with van der Waals surface area (Å²) in [6, 6.07) is 8.65. The first-order valence-corrected chi connectivity index (χ1v) is 9.80. The van der Waals surface area contributed by atoms with Gasteiger partial charge in [-0.25, -0.2) is 0 Å². The van der Waals surface area contributed by atoms with E-state index in [-0.39, 0.29) is 10.3 Å². The Morgan fingerprint density at radius 3 is 2.25 bits per heavy atom. The van der Waals surface area contributed by atoms with E-state index in [2.05, 4.69) is 54.9 Å². The number of thiazole rings is 1. The van der Waals surface area contributed by atoms with Crippen molar-refractivity contribution in [1.82, 2.24) is 9.88 Å². The quantitative estimate of drug-likeness (QED) is 0.870. The normalized spacial score (nSPS) is 17.0. The first-order valence-electron chi connectivity index (χ1n) is 8.99. The molecule has 1 aliphatic heterocycles. The molecule has 2 heterocycles. The fraction of sp³-hybridized carbons (Fsp3) is 0.550. The molecule has 1 aliphatic rings. The van der Waals surface area contributed by atoms with Crippen molar-refractivity contribution in [3.05, 3.63) is 44.4 Å². The van der Waals surface area contributed by atoms with Crippen LogP contribution in [0.3, 0.4) is 0 Å². The smallest absolute Gasteiger partial charge is 0.305 e. The van der Waals surface area contributed by atoms with Crippen molar-refractivity contribution in [2.45, 2.75) is 58.4 Å². The minimum Gasteiger partial charge on any atom is -0.312 e. The largest absolute Gasteiger partial charge is 0.312 e. The Morgan fingerprint density at radius 1 is 1.04 bits per heavy atom. The zero-order valence-electron chi connectivity index (χ0n) is 15.0. The molecule has 1 N–H and O–H groups in total. The summed E-state index contributed by atoms with van der Waals surface area (Å²) in [6.07, 6.45) is 5.21. The third-order valence-electron chi connectivity index (χ3n) is 4.83. The lowest BCUT2D eigenvalue weighted by molar-refractivity contribution is 0.279. The maximum atomic E-state index is 12.0. The van der Waals surface area contributed by atoms with Gasteiger partial charge in [0.1, 0.15) is 0 Å². The zero-order valence-corrected chi connectivity index (χ0v) is 15.8. The van der Waals surface area contributed by atoms with E-state index in [1.54, 1.807) is 0 Å². The molecule has 0 spiro atoms. The average Bonchev–Trinajstić information content (AvgIpc) is 2.73. The zero-order chi connectivity index (χ0) is 17.2. The number of hydrogen-bond donors (Lipinski definition) is 1. The molecule has 2 aromatic rings. The first kappa shape index (κ1) is 17.4. The number of aromatic amines is 1. The molecule has 1 aromatic heterocycles. The topological polar surface area (TPSA) is 36.1 Å². The van der Waals surface area contributed by atoms with Crippen LogP contribution in [0.1, 0.15) is 56.9 Å². The molecule has 3 rings (SSSR count). The lowest BCUT2D eigenvalue weighted by atomic mass is 9.86. The van der Waals surface area contributed by atoms with Crippen LogP contribution >= 0.6 is 11.3 Å². The highest BCUT2D eigenvalue weighted by Gasteiger charge is 2.17. The van der Waals surface area contributed by atoms with Crippen molar-refractivity contribution in [3.63, 3.8) is 0 Å². The molecule has 0 amide bonds. The fourth-order valence-corrected chi connectivity index (χ4v) is 4.23. The molecule has 0 bridgehead atoms. The molecule has 130 valence electrons. The fourth-order valence-electron chi connectivity index (χ4n) is 3.34. The number of benzene rings is 1. The van der Waals surface area contributed by atoms with Gasteiger partial charge in [-0.1, -0.05) is 69.2 Å². The lowest BCUT2D eigenvalue weighted by Gasteiger charge is -2.20. The van der Waals surface area contributed by atoms with Crippen LogP contribution in [0.15, 0.2) is 29.1 Å². The van der Waals surface area contributed by atoms with Gasteiger partial charge in [0.2, 0.25) is 0 Å². The van der Waals surface area contributed by atoms with Crippen LogP contribution < -0.4 is 4.87 Å². The lowest BCUT2D eigenvalue weighted by Crippen LogP contribution is -2.23. The summed E-state index contributed by atoms with van der Waals surface area (Å²) in [7, 11) is 0. The second-order valence-electron chi connectivity index (χ2n) is 7.83. The predicted molar refractivity (Wildman–Crippen MR) is 103 cm³/mol. The number of rotatable bonds is 3. The molecule has 0 atom stereocenters. The van der Waals surface area contributed by atoms with Crippen LogP contribution in [0.25, 0.3) is 11.3 Å². The van der Waals surface area contributed by atoms with Gasteiger partial charge < -0.3 is 4.98 Å².